The van der Waals surface area contributed by atoms with Gasteiger partial charge >= 0.3 is 5.97 Å². The minimum Gasteiger partial charge on any atom is -0.477 e. The average Bonchev–Trinajstić information content (AvgIpc) is 3.32. The zero-order chi connectivity index (χ0) is 19.0. The van der Waals surface area contributed by atoms with E-state index in [2.05, 4.69) is 15.7 Å². The second-order valence-electron chi connectivity index (χ2n) is 6.09. The van der Waals surface area contributed by atoms with Crippen LogP contribution in [0.4, 0.5) is 11.5 Å². The zero-order valence-electron chi connectivity index (χ0n) is 14.3. The van der Waals surface area contributed by atoms with Gasteiger partial charge in [0.05, 0.1) is 6.20 Å². The van der Waals surface area contributed by atoms with Crippen molar-refractivity contribution in [1.29, 1.82) is 0 Å². The molecule has 3 aromatic rings. The van der Waals surface area contributed by atoms with E-state index in [1.165, 1.54) is 17.5 Å². The predicted molar refractivity (Wildman–Crippen MR) is 103 cm³/mol. The van der Waals surface area contributed by atoms with Gasteiger partial charge in [-0.05, 0) is 36.1 Å². The van der Waals surface area contributed by atoms with Crippen molar-refractivity contribution in [3.63, 3.8) is 0 Å². The maximum absolute atomic E-state index is 12.8. The lowest BCUT2D eigenvalue weighted by Crippen LogP contribution is -2.25. The van der Waals surface area contributed by atoms with Gasteiger partial charge in [-0.3, -0.25) is 4.79 Å². The zero-order valence-corrected chi connectivity index (χ0v) is 15.2. The van der Waals surface area contributed by atoms with Gasteiger partial charge in [0.25, 0.3) is 5.91 Å². The molecule has 136 valence electrons. The number of nitrogens with zero attached hydrogens (tertiary/aromatic N) is 2. The Hall–Kier alpha value is -3.39. The van der Waals surface area contributed by atoms with Crippen LogP contribution in [-0.2, 0) is 4.79 Å². The Morgan fingerprint density at radius 3 is 2.78 bits per heavy atom. The summed E-state index contributed by atoms with van der Waals surface area (Å²) in [5.74, 6) is -1.08. The molecule has 1 unspecified atom stereocenters. The molecule has 2 aromatic heterocycles. The maximum atomic E-state index is 12.8. The summed E-state index contributed by atoms with van der Waals surface area (Å²) in [6.07, 6.45) is 3.05. The fourth-order valence-electron chi connectivity index (χ4n) is 2.95. The van der Waals surface area contributed by atoms with Crippen LogP contribution in [0.25, 0.3) is 0 Å². The second kappa shape index (κ2) is 6.73. The number of amides is 1. The van der Waals surface area contributed by atoms with Crippen molar-refractivity contribution in [3.8, 4) is 0 Å². The molecule has 8 heteroatoms. The van der Waals surface area contributed by atoms with Crippen LogP contribution in [0.3, 0.4) is 0 Å². The number of para-hydroxylation sites is 1. The third-order valence-electron chi connectivity index (χ3n) is 4.34. The summed E-state index contributed by atoms with van der Waals surface area (Å²) in [5, 5.41) is 21.4. The first-order valence-electron chi connectivity index (χ1n) is 8.24. The molecule has 3 N–H and O–H groups in total. The lowest BCUT2D eigenvalue weighted by atomic mass is 10.1. The molecule has 0 saturated carbocycles. The molecule has 7 nitrogen and oxygen atoms in total. The van der Waals surface area contributed by atoms with Crippen molar-refractivity contribution in [2.75, 3.05) is 10.6 Å². The van der Waals surface area contributed by atoms with Crippen LogP contribution >= 0.6 is 11.3 Å². The second-order valence-corrected chi connectivity index (χ2v) is 7.07. The van der Waals surface area contributed by atoms with Crippen molar-refractivity contribution in [1.82, 2.24) is 9.78 Å². The number of anilines is 2. The minimum absolute atomic E-state index is 0.0198. The molecular weight excluding hydrogens is 364 g/mol. The monoisotopic (exact) mass is 380 g/mol. The number of aromatic nitrogens is 2. The highest BCUT2D eigenvalue weighted by Gasteiger charge is 2.29. The van der Waals surface area contributed by atoms with E-state index in [4.69, 9.17) is 0 Å². The van der Waals surface area contributed by atoms with E-state index in [-0.39, 0.29) is 23.2 Å². The molecule has 0 radical (unpaired) electrons. The van der Waals surface area contributed by atoms with Crippen LogP contribution in [0.5, 0.6) is 0 Å². The first-order valence-corrected chi connectivity index (χ1v) is 9.12. The molecule has 0 saturated heterocycles. The number of fused-ring (bicyclic) bond motifs is 1. The lowest BCUT2D eigenvalue weighted by Gasteiger charge is -2.23. The smallest absolute Gasteiger partial charge is 0.352 e. The Morgan fingerprint density at radius 2 is 2.07 bits per heavy atom. The van der Waals surface area contributed by atoms with Crippen molar-refractivity contribution in [3.05, 3.63) is 75.8 Å². The van der Waals surface area contributed by atoms with E-state index in [9.17, 15) is 14.7 Å². The number of aliphatic carboxylic acids is 1. The number of hydrogen-bond acceptors (Lipinski definition) is 5. The van der Waals surface area contributed by atoms with Gasteiger partial charge in [-0.15, -0.1) is 11.3 Å². The molecule has 1 aromatic carbocycles. The van der Waals surface area contributed by atoms with Crippen molar-refractivity contribution in [2.24, 2.45) is 0 Å². The molecule has 1 aliphatic rings. The number of allylic oxidation sites excluding steroid dienone is 1. The topological polar surface area (TPSA) is 96.3 Å². The molecule has 1 atom stereocenters. The van der Waals surface area contributed by atoms with E-state index in [1.807, 2.05) is 48.7 Å². The van der Waals surface area contributed by atoms with E-state index < -0.39 is 5.97 Å². The Bertz CT molecular complexity index is 1050. The van der Waals surface area contributed by atoms with Gasteiger partial charge in [-0.25, -0.2) is 9.48 Å². The van der Waals surface area contributed by atoms with Gasteiger partial charge in [-0.1, -0.05) is 24.3 Å². The van der Waals surface area contributed by atoms with E-state index >= 15 is 0 Å². The van der Waals surface area contributed by atoms with Crippen LogP contribution in [0.15, 0.2) is 59.7 Å². The van der Waals surface area contributed by atoms with Gasteiger partial charge in [0.2, 0.25) is 0 Å². The van der Waals surface area contributed by atoms with Gasteiger partial charge in [-0.2, -0.15) is 5.10 Å². The van der Waals surface area contributed by atoms with Crippen molar-refractivity contribution < 1.29 is 14.7 Å². The number of carbonyl (C=O) groups is 2. The number of carboxylic acids is 1. The third kappa shape index (κ3) is 3.11. The van der Waals surface area contributed by atoms with Gasteiger partial charge in [0.15, 0.2) is 0 Å². The normalized spacial score (nSPS) is 15.4. The number of rotatable bonds is 4. The molecule has 4 rings (SSSR count). The number of nitrogens with one attached hydrogen (secondary N) is 2. The SMILES string of the molecule is Cc1ccccc1NC(=O)c1cnn2c1NC(C(=O)O)=CC2c1cccs1. The molecular formula is C19H16N4O3S. The fraction of sp³-hybridized carbons (Fsp3) is 0.105. The third-order valence-corrected chi connectivity index (χ3v) is 5.28. The summed E-state index contributed by atoms with van der Waals surface area (Å²) in [6.45, 7) is 1.90. The Labute approximate surface area is 159 Å². The van der Waals surface area contributed by atoms with Crippen LogP contribution < -0.4 is 10.6 Å². The summed E-state index contributed by atoms with van der Waals surface area (Å²) in [5.41, 5.74) is 1.93. The quantitative estimate of drug-likeness (QED) is 0.644. The number of carbonyl (C=O) groups excluding carboxylic acids is 1. The minimum atomic E-state index is -1.09. The van der Waals surface area contributed by atoms with Gasteiger partial charge < -0.3 is 15.7 Å². The van der Waals surface area contributed by atoms with E-state index in [0.29, 0.717) is 11.5 Å². The van der Waals surface area contributed by atoms with E-state index in [1.54, 1.807) is 10.8 Å². The van der Waals surface area contributed by atoms with Gasteiger partial charge in [0.1, 0.15) is 23.1 Å². The predicted octanol–water partition coefficient (Wildman–Crippen LogP) is 3.49. The van der Waals surface area contributed by atoms with Crippen LogP contribution in [-0.4, -0.2) is 26.8 Å². The number of benzene rings is 1. The van der Waals surface area contributed by atoms with Crippen molar-refractivity contribution >= 4 is 34.7 Å². The highest BCUT2D eigenvalue weighted by molar-refractivity contribution is 7.10. The standard InChI is InChI=1S/C19H16N4O3S/c1-11-5-2-3-6-13(11)22-18(24)12-10-20-23-15(16-7-4-8-27-16)9-14(19(25)26)21-17(12)23/h2-10,15,21H,1H3,(H,22,24)(H,25,26). The molecule has 0 bridgehead atoms. The molecule has 1 amide bonds. The molecule has 3 heterocycles. The fourth-order valence-corrected chi connectivity index (χ4v) is 3.73. The highest BCUT2D eigenvalue weighted by atomic mass is 32.1. The Kier molecular flexibility index (Phi) is 4.25. The van der Waals surface area contributed by atoms with Crippen molar-refractivity contribution in [2.45, 2.75) is 13.0 Å². The number of hydrogen-bond donors (Lipinski definition) is 3. The van der Waals surface area contributed by atoms with Crippen LogP contribution in [0.1, 0.15) is 26.8 Å². The average molecular weight is 380 g/mol. The Morgan fingerprint density at radius 1 is 1.26 bits per heavy atom. The first-order chi connectivity index (χ1) is 13.0. The molecule has 0 aliphatic carbocycles. The molecule has 0 fully saturated rings. The summed E-state index contributed by atoms with van der Waals surface area (Å²) in [4.78, 5) is 25.3. The largest absolute Gasteiger partial charge is 0.477 e. The van der Waals surface area contributed by atoms with Crippen LogP contribution in [0.2, 0.25) is 0 Å². The van der Waals surface area contributed by atoms with Crippen LogP contribution in [0, 0.1) is 6.92 Å². The Balaban J connectivity index is 1.72. The number of carboxylic acid groups (broad SMARTS) is 1. The lowest BCUT2D eigenvalue weighted by molar-refractivity contribution is -0.132. The molecule has 27 heavy (non-hydrogen) atoms. The van der Waals surface area contributed by atoms with E-state index in [0.717, 1.165) is 10.4 Å². The number of thiophene rings is 1. The number of aryl methyl sites for hydroxylation is 1. The highest BCUT2D eigenvalue weighted by Crippen LogP contribution is 2.34. The maximum Gasteiger partial charge on any atom is 0.352 e. The molecule has 1 aliphatic heterocycles. The summed E-state index contributed by atoms with van der Waals surface area (Å²) >= 11 is 1.50. The molecule has 0 spiro atoms. The summed E-state index contributed by atoms with van der Waals surface area (Å²) < 4.78 is 1.63. The summed E-state index contributed by atoms with van der Waals surface area (Å²) in [7, 11) is 0. The van der Waals surface area contributed by atoms with Gasteiger partial charge in [0, 0.05) is 10.6 Å². The first kappa shape index (κ1) is 17.0. The summed E-state index contributed by atoms with van der Waals surface area (Å²) in [6, 6.07) is 10.9.